The smallest absolute Gasteiger partial charge is 0.154 e. The number of hydrogen-bond donors (Lipinski definition) is 0. The molecular formula is C11H12Cl2N4O2S. The molecule has 0 unspecified atom stereocenters. The molecule has 9 heteroatoms. The highest BCUT2D eigenvalue weighted by Crippen LogP contribution is 2.25. The minimum Gasteiger partial charge on any atom is -0.262 e. The monoisotopic (exact) mass is 334 g/mol. The summed E-state index contributed by atoms with van der Waals surface area (Å²) in [4.78, 5) is 3.79. The van der Waals surface area contributed by atoms with Crippen LogP contribution in [-0.4, -0.2) is 34.1 Å². The summed E-state index contributed by atoms with van der Waals surface area (Å²) in [6.45, 7) is 0. The predicted molar refractivity (Wildman–Crippen MR) is 76.5 cm³/mol. The van der Waals surface area contributed by atoms with E-state index in [1.54, 1.807) is 13.2 Å². The van der Waals surface area contributed by atoms with Gasteiger partial charge in [0.2, 0.25) is 0 Å². The Morgan fingerprint density at radius 1 is 1.25 bits per heavy atom. The Hall–Kier alpha value is -1.18. The Labute approximate surface area is 126 Å². The van der Waals surface area contributed by atoms with Gasteiger partial charge in [-0.3, -0.25) is 9.67 Å². The zero-order valence-electron chi connectivity index (χ0n) is 10.6. The summed E-state index contributed by atoms with van der Waals surface area (Å²) in [6, 6.07) is 0. The quantitative estimate of drug-likeness (QED) is 0.831. The number of halogens is 2. The third kappa shape index (κ3) is 3.91. The molecule has 0 saturated carbocycles. The second-order valence-electron chi connectivity index (χ2n) is 4.31. The van der Waals surface area contributed by atoms with Crippen molar-refractivity contribution >= 4 is 33.0 Å². The lowest BCUT2D eigenvalue weighted by atomic mass is 10.3. The van der Waals surface area contributed by atoms with Gasteiger partial charge in [0.05, 0.1) is 27.2 Å². The number of hydrogen-bond acceptors (Lipinski definition) is 5. The van der Waals surface area contributed by atoms with Crippen LogP contribution in [0.2, 0.25) is 10.0 Å². The Kier molecular flexibility index (Phi) is 4.62. The SMILES string of the molecule is Cn1cc(CCS(=O)(=O)Cc2c(Cl)cncc2Cl)nn1. The molecule has 0 radical (unpaired) electrons. The van der Waals surface area contributed by atoms with Crippen molar-refractivity contribution in [2.45, 2.75) is 12.2 Å². The van der Waals surface area contributed by atoms with E-state index in [-0.39, 0.29) is 21.6 Å². The summed E-state index contributed by atoms with van der Waals surface area (Å²) in [6.07, 6.45) is 4.74. The van der Waals surface area contributed by atoms with Gasteiger partial charge < -0.3 is 0 Å². The van der Waals surface area contributed by atoms with Gasteiger partial charge >= 0.3 is 0 Å². The molecule has 6 nitrogen and oxygen atoms in total. The molecule has 0 atom stereocenters. The zero-order chi connectivity index (χ0) is 14.8. The van der Waals surface area contributed by atoms with E-state index in [4.69, 9.17) is 23.2 Å². The lowest BCUT2D eigenvalue weighted by Crippen LogP contribution is -2.12. The topological polar surface area (TPSA) is 77.7 Å². The van der Waals surface area contributed by atoms with Gasteiger partial charge in [0, 0.05) is 37.6 Å². The van der Waals surface area contributed by atoms with E-state index in [1.807, 2.05) is 0 Å². The van der Waals surface area contributed by atoms with E-state index in [0.29, 0.717) is 17.7 Å². The molecule has 0 bridgehead atoms. The molecule has 2 aromatic rings. The summed E-state index contributed by atoms with van der Waals surface area (Å²) in [5.74, 6) is -0.256. The molecular weight excluding hydrogens is 323 g/mol. The summed E-state index contributed by atoms with van der Waals surface area (Å²) in [5.41, 5.74) is 1.01. The van der Waals surface area contributed by atoms with Gasteiger partial charge in [0.1, 0.15) is 0 Å². The van der Waals surface area contributed by atoms with Gasteiger partial charge in [0.25, 0.3) is 0 Å². The lowest BCUT2D eigenvalue weighted by Gasteiger charge is -2.07. The highest BCUT2D eigenvalue weighted by atomic mass is 35.5. The van der Waals surface area contributed by atoms with Crippen molar-refractivity contribution < 1.29 is 8.42 Å². The number of aryl methyl sites for hydroxylation is 2. The van der Waals surface area contributed by atoms with Gasteiger partial charge in [-0.25, -0.2) is 8.42 Å². The molecule has 20 heavy (non-hydrogen) atoms. The first-order valence-electron chi connectivity index (χ1n) is 5.71. The summed E-state index contributed by atoms with van der Waals surface area (Å²) in [7, 11) is -1.62. The fourth-order valence-corrected chi connectivity index (χ4v) is 3.71. The van der Waals surface area contributed by atoms with Crippen LogP contribution >= 0.6 is 23.2 Å². The minimum absolute atomic E-state index is 0.0410. The van der Waals surface area contributed by atoms with E-state index < -0.39 is 9.84 Å². The fourth-order valence-electron chi connectivity index (χ4n) is 1.64. The second kappa shape index (κ2) is 6.07. The molecule has 2 rings (SSSR count). The molecule has 0 spiro atoms. The van der Waals surface area contributed by atoms with E-state index in [0.717, 1.165) is 0 Å². The van der Waals surface area contributed by atoms with E-state index in [2.05, 4.69) is 15.3 Å². The van der Waals surface area contributed by atoms with Gasteiger partial charge in [0.15, 0.2) is 9.84 Å². The van der Waals surface area contributed by atoms with Crippen molar-refractivity contribution in [1.29, 1.82) is 0 Å². The molecule has 0 saturated heterocycles. The number of rotatable bonds is 5. The van der Waals surface area contributed by atoms with Crippen LogP contribution in [0.1, 0.15) is 11.3 Å². The molecule has 0 fully saturated rings. The molecule has 0 N–H and O–H groups in total. The summed E-state index contributed by atoms with van der Waals surface area (Å²) < 4.78 is 25.7. The van der Waals surface area contributed by atoms with E-state index in [1.165, 1.54) is 17.1 Å². The van der Waals surface area contributed by atoms with Gasteiger partial charge in [-0.05, 0) is 0 Å². The average Bonchev–Trinajstić information content (AvgIpc) is 2.78. The Balaban J connectivity index is 2.08. The summed E-state index contributed by atoms with van der Waals surface area (Å²) >= 11 is 11.8. The first kappa shape index (κ1) is 15.2. The number of sulfone groups is 1. The van der Waals surface area contributed by atoms with Crippen LogP contribution in [0.25, 0.3) is 0 Å². The third-order valence-electron chi connectivity index (χ3n) is 2.64. The number of pyridine rings is 1. The van der Waals surface area contributed by atoms with Crippen LogP contribution in [0.15, 0.2) is 18.6 Å². The van der Waals surface area contributed by atoms with Crippen molar-refractivity contribution in [1.82, 2.24) is 20.0 Å². The van der Waals surface area contributed by atoms with Gasteiger partial charge in [-0.2, -0.15) is 0 Å². The van der Waals surface area contributed by atoms with Crippen LogP contribution in [0.5, 0.6) is 0 Å². The van der Waals surface area contributed by atoms with Crippen molar-refractivity contribution in [3.05, 3.63) is 39.9 Å². The molecule has 0 aliphatic rings. The predicted octanol–water partition coefficient (Wildman–Crippen LogP) is 1.67. The highest BCUT2D eigenvalue weighted by molar-refractivity contribution is 7.90. The molecule has 0 aromatic carbocycles. The van der Waals surface area contributed by atoms with Crippen LogP contribution in [0.4, 0.5) is 0 Å². The Morgan fingerprint density at radius 2 is 1.90 bits per heavy atom. The van der Waals surface area contributed by atoms with Crippen molar-refractivity contribution in [3.63, 3.8) is 0 Å². The maximum Gasteiger partial charge on any atom is 0.154 e. The first-order valence-corrected chi connectivity index (χ1v) is 8.28. The third-order valence-corrected chi connectivity index (χ3v) is 4.84. The maximum atomic E-state index is 12.1. The van der Waals surface area contributed by atoms with Crippen LogP contribution < -0.4 is 0 Å². The van der Waals surface area contributed by atoms with Crippen LogP contribution in [0, 0.1) is 0 Å². The molecule has 0 amide bonds. The molecule has 0 aliphatic heterocycles. The fraction of sp³-hybridized carbons (Fsp3) is 0.364. The zero-order valence-corrected chi connectivity index (χ0v) is 13.0. The van der Waals surface area contributed by atoms with Gasteiger partial charge in [-0.1, -0.05) is 28.4 Å². The Morgan fingerprint density at radius 3 is 2.45 bits per heavy atom. The standard InChI is InChI=1S/C11H12Cl2N4O2S/c1-17-6-8(15-16-17)2-3-20(18,19)7-9-10(12)4-14-5-11(9)13/h4-6H,2-3,7H2,1H3. The number of nitrogens with zero attached hydrogens (tertiary/aromatic N) is 4. The Bertz CT molecular complexity index is 695. The largest absolute Gasteiger partial charge is 0.262 e. The van der Waals surface area contributed by atoms with Crippen molar-refractivity contribution in [3.8, 4) is 0 Å². The maximum absolute atomic E-state index is 12.1. The molecule has 2 aromatic heterocycles. The highest BCUT2D eigenvalue weighted by Gasteiger charge is 2.17. The van der Waals surface area contributed by atoms with Gasteiger partial charge in [-0.15, -0.1) is 5.10 Å². The molecule has 0 aliphatic carbocycles. The summed E-state index contributed by atoms with van der Waals surface area (Å²) in [5, 5.41) is 8.10. The normalized spacial score (nSPS) is 11.8. The van der Waals surface area contributed by atoms with Crippen LogP contribution in [0.3, 0.4) is 0 Å². The number of aromatic nitrogens is 4. The van der Waals surface area contributed by atoms with E-state index in [9.17, 15) is 8.42 Å². The van der Waals surface area contributed by atoms with Crippen molar-refractivity contribution in [2.75, 3.05) is 5.75 Å². The average molecular weight is 335 g/mol. The lowest BCUT2D eigenvalue weighted by molar-refractivity contribution is 0.594. The van der Waals surface area contributed by atoms with Crippen molar-refractivity contribution in [2.24, 2.45) is 7.05 Å². The minimum atomic E-state index is -3.34. The second-order valence-corrected chi connectivity index (χ2v) is 7.31. The molecule has 108 valence electrons. The van der Waals surface area contributed by atoms with E-state index >= 15 is 0 Å². The van der Waals surface area contributed by atoms with Crippen LogP contribution in [-0.2, 0) is 29.1 Å². The first-order chi connectivity index (χ1) is 9.37. The molecule has 2 heterocycles.